The van der Waals surface area contributed by atoms with Crippen molar-refractivity contribution >= 4 is 0 Å². The van der Waals surface area contributed by atoms with E-state index in [-0.39, 0.29) is 12.4 Å². The summed E-state index contributed by atoms with van der Waals surface area (Å²) in [4.78, 5) is 0. The van der Waals surface area contributed by atoms with Crippen LogP contribution >= 0.6 is 0 Å². The van der Waals surface area contributed by atoms with Crippen LogP contribution in [-0.4, -0.2) is 6.54 Å². The molecule has 0 unspecified atom stereocenters. The van der Waals surface area contributed by atoms with Crippen LogP contribution in [0.25, 0.3) is 0 Å². The molecule has 0 aromatic heterocycles. The Bertz CT molecular complexity index is 322. The van der Waals surface area contributed by atoms with Crippen LogP contribution in [0.5, 0.6) is 0 Å². The lowest BCUT2D eigenvalue weighted by molar-refractivity contribution is -0.352. The largest absolute Gasteiger partial charge is 1.00 e. The molecule has 0 saturated carbocycles. The van der Waals surface area contributed by atoms with Gasteiger partial charge in [0.25, 0.3) is 0 Å². The van der Waals surface area contributed by atoms with Crippen molar-refractivity contribution in [3.63, 3.8) is 0 Å². The third-order valence-corrected chi connectivity index (χ3v) is 5.35. The highest BCUT2D eigenvalue weighted by Crippen LogP contribution is 2.43. The first-order chi connectivity index (χ1) is 11.1. The van der Waals surface area contributed by atoms with Gasteiger partial charge in [-0.2, -0.15) is 0 Å². The molecule has 0 aromatic carbocycles. The quantitative estimate of drug-likeness (QED) is 0.461. The van der Waals surface area contributed by atoms with E-state index in [1.807, 2.05) is 0 Å². The first-order valence-electron chi connectivity index (χ1n) is 10.2. The van der Waals surface area contributed by atoms with E-state index >= 15 is 0 Å². The molecule has 1 nitrogen and oxygen atoms in total. The fraction of sp³-hybridized carbons (Fsp3) is 0.818. The molecule has 3 N–H and O–H groups in total. The fourth-order valence-electron chi connectivity index (χ4n) is 3.59. The predicted octanol–water partition coefficient (Wildman–Crippen LogP) is 3.46. The number of hydrogen-bond donors (Lipinski definition) is 1. The van der Waals surface area contributed by atoms with E-state index in [4.69, 9.17) is 0 Å². The molecule has 144 valence electrons. The van der Waals surface area contributed by atoms with Crippen molar-refractivity contribution in [2.45, 2.75) is 105 Å². The SMILES string of the molecule is CCCCC(CCCC)(CCCC)C(C)=CCC/C(C)=C/C[NH3+].[Cl-]. The van der Waals surface area contributed by atoms with Crippen LogP contribution < -0.4 is 18.1 Å². The zero-order valence-electron chi connectivity index (χ0n) is 17.2. The molecule has 0 aromatic rings. The number of hydrogen-bond acceptors (Lipinski definition) is 0. The van der Waals surface area contributed by atoms with Crippen LogP contribution in [0.2, 0.25) is 0 Å². The molecule has 0 rings (SSSR count). The van der Waals surface area contributed by atoms with Crippen LogP contribution in [-0.2, 0) is 0 Å². The van der Waals surface area contributed by atoms with Gasteiger partial charge in [-0.3, -0.25) is 0 Å². The van der Waals surface area contributed by atoms with E-state index in [0.717, 1.165) is 6.54 Å². The Labute approximate surface area is 159 Å². The van der Waals surface area contributed by atoms with Gasteiger partial charge in [-0.05, 0) is 57.4 Å². The van der Waals surface area contributed by atoms with Gasteiger partial charge < -0.3 is 18.1 Å². The summed E-state index contributed by atoms with van der Waals surface area (Å²) in [6, 6.07) is 0. The molecular weight excluding hydrogens is 314 g/mol. The van der Waals surface area contributed by atoms with Crippen molar-refractivity contribution in [3.8, 4) is 0 Å². The summed E-state index contributed by atoms with van der Waals surface area (Å²) in [5, 5.41) is 0. The average Bonchev–Trinajstić information content (AvgIpc) is 2.54. The molecule has 0 spiro atoms. The summed E-state index contributed by atoms with van der Waals surface area (Å²) in [7, 11) is 0. The van der Waals surface area contributed by atoms with E-state index < -0.39 is 0 Å². The minimum absolute atomic E-state index is 0. The molecule has 0 amide bonds. The summed E-state index contributed by atoms with van der Waals surface area (Å²) in [5.41, 5.74) is 7.56. The van der Waals surface area contributed by atoms with E-state index in [1.54, 1.807) is 5.57 Å². The maximum absolute atomic E-state index is 3.92. The third kappa shape index (κ3) is 10.6. The lowest BCUT2D eigenvalue weighted by Gasteiger charge is -2.36. The van der Waals surface area contributed by atoms with Gasteiger partial charge in [0.05, 0.1) is 6.54 Å². The van der Waals surface area contributed by atoms with Gasteiger partial charge in [0.2, 0.25) is 0 Å². The maximum Gasteiger partial charge on any atom is 0.0929 e. The number of unbranched alkanes of at least 4 members (excludes halogenated alkanes) is 3. The summed E-state index contributed by atoms with van der Waals surface area (Å²) < 4.78 is 0. The first-order valence-corrected chi connectivity index (χ1v) is 10.2. The molecular formula is C22H44ClN. The zero-order valence-corrected chi connectivity index (χ0v) is 18.0. The van der Waals surface area contributed by atoms with E-state index in [1.165, 1.54) is 76.2 Å². The highest BCUT2D eigenvalue weighted by atomic mass is 35.5. The Morgan fingerprint density at radius 3 is 1.67 bits per heavy atom. The smallest absolute Gasteiger partial charge is 0.0929 e. The fourth-order valence-corrected chi connectivity index (χ4v) is 3.59. The number of allylic oxidation sites excluding steroid dienone is 3. The minimum atomic E-state index is 0. The molecule has 0 radical (unpaired) electrons. The molecule has 0 bridgehead atoms. The van der Waals surface area contributed by atoms with E-state index in [2.05, 4.69) is 52.5 Å². The lowest BCUT2D eigenvalue weighted by atomic mass is 9.69. The summed E-state index contributed by atoms with van der Waals surface area (Å²) >= 11 is 0. The Hall–Kier alpha value is -0.270. The Balaban J connectivity index is 0. The van der Waals surface area contributed by atoms with Gasteiger partial charge in [0.15, 0.2) is 0 Å². The predicted molar refractivity (Wildman–Crippen MR) is 106 cm³/mol. The van der Waals surface area contributed by atoms with Crippen molar-refractivity contribution in [3.05, 3.63) is 23.3 Å². The summed E-state index contributed by atoms with van der Waals surface area (Å²) in [5.74, 6) is 0. The van der Waals surface area contributed by atoms with Crippen LogP contribution in [0, 0.1) is 5.41 Å². The standard InChI is InChI=1S/C22H43N.ClH/c1-6-9-16-22(17-10-7-2,18-11-8-3)21(5)14-12-13-20(4)15-19-23;/h14-15H,6-13,16-19,23H2,1-5H3;1H/b20-15+,21-14?;. The topological polar surface area (TPSA) is 27.6 Å². The lowest BCUT2D eigenvalue weighted by Crippen LogP contribution is -3.00. The molecule has 0 aliphatic carbocycles. The van der Waals surface area contributed by atoms with Crippen LogP contribution in [0.15, 0.2) is 23.3 Å². The number of rotatable bonds is 14. The van der Waals surface area contributed by atoms with Gasteiger partial charge in [-0.1, -0.05) is 76.5 Å². The van der Waals surface area contributed by atoms with Crippen molar-refractivity contribution in [2.24, 2.45) is 5.41 Å². The highest BCUT2D eigenvalue weighted by molar-refractivity contribution is 5.13. The van der Waals surface area contributed by atoms with Gasteiger partial charge >= 0.3 is 0 Å². The van der Waals surface area contributed by atoms with E-state index in [0.29, 0.717) is 5.41 Å². The molecule has 0 aliphatic heterocycles. The van der Waals surface area contributed by atoms with Gasteiger partial charge in [0, 0.05) is 0 Å². The number of halogens is 1. The summed E-state index contributed by atoms with van der Waals surface area (Å²) in [6.45, 7) is 12.6. The van der Waals surface area contributed by atoms with Crippen LogP contribution in [0.3, 0.4) is 0 Å². The second-order valence-corrected chi connectivity index (χ2v) is 7.36. The van der Waals surface area contributed by atoms with Crippen molar-refractivity contribution in [1.29, 1.82) is 0 Å². The normalized spacial score (nSPS) is 13.1. The third-order valence-electron chi connectivity index (χ3n) is 5.35. The first kappa shape index (κ1) is 26.0. The minimum Gasteiger partial charge on any atom is -1.00 e. The van der Waals surface area contributed by atoms with Gasteiger partial charge in [0.1, 0.15) is 0 Å². The summed E-state index contributed by atoms with van der Waals surface area (Å²) in [6.07, 6.45) is 19.5. The molecule has 0 aliphatic rings. The van der Waals surface area contributed by atoms with Gasteiger partial charge in [-0.15, -0.1) is 0 Å². The van der Waals surface area contributed by atoms with Crippen molar-refractivity contribution in [2.75, 3.05) is 6.54 Å². The Morgan fingerprint density at radius 1 is 0.833 bits per heavy atom. The van der Waals surface area contributed by atoms with Crippen molar-refractivity contribution < 1.29 is 18.1 Å². The molecule has 24 heavy (non-hydrogen) atoms. The zero-order chi connectivity index (χ0) is 17.6. The van der Waals surface area contributed by atoms with Gasteiger partial charge in [-0.25, -0.2) is 0 Å². The van der Waals surface area contributed by atoms with Crippen LogP contribution in [0.4, 0.5) is 0 Å². The Kier molecular flexibility index (Phi) is 17.5. The average molecular weight is 358 g/mol. The molecule has 0 atom stereocenters. The van der Waals surface area contributed by atoms with Crippen molar-refractivity contribution in [1.82, 2.24) is 0 Å². The number of quaternary nitrogens is 1. The monoisotopic (exact) mass is 357 g/mol. The molecule has 0 saturated heterocycles. The van der Waals surface area contributed by atoms with Crippen LogP contribution in [0.1, 0.15) is 105 Å². The second kappa shape index (κ2) is 16.2. The molecule has 2 heteroatoms. The molecule has 0 fully saturated rings. The maximum atomic E-state index is 3.92. The highest BCUT2D eigenvalue weighted by Gasteiger charge is 2.29. The Morgan fingerprint density at radius 2 is 1.29 bits per heavy atom. The second-order valence-electron chi connectivity index (χ2n) is 7.36. The molecule has 0 heterocycles. The van der Waals surface area contributed by atoms with E-state index in [9.17, 15) is 0 Å².